The van der Waals surface area contributed by atoms with Gasteiger partial charge in [0.25, 0.3) is 0 Å². The molecule has 3 aromatic rings. The van der Waals surface area contributed by atoms with Gasteiger partial charge in [-0.25, -0.2) is 4.79 Å². The van der Waals surface area contributed by atoms with E-state index in [4.69, 9.17) is 0 Å². The van der Waals surface area contributed by atoms with Crippen LogP contribution in [-0.2, 0) is 6.42 Å². The summed E-state index contributed by atoms with van der Waals surface area (Å²) in [6.45, 7) is 6.08. The standard InChI is InChI=1S/C24H28N6O/c1-3-18-7-9-20(10-8-18)25-24(31)26-21-6-4-5-19(17-21)22-11-12-23(28-27-22)30-15-13-29(2)14-16-30/h4-12,17H,3,13-16H2,1-2H3,(H2,25,26,31). The number of carbonyl (C=O) groups is 1. The van der Waals surface area contributed by atoms with Crippen molar-refractivity contribution in [2.75, 3.05) is 48.8 Å². The molecule has 0 aliphatic carbocycles. The summed E-state index contributed by atoms with van der Waals surface area (Å²) in [6, 6.07) is 19.2. The number of hydrogen-bond donors (Lipinski definition) is 2. The largest absolute Gasteiger partial charge is 0.353 e. The van der Waals surface area contributed by atoms with Crippen LogP contribution >= 0.6 is 0 Å². The molecule has 2 aromatic carbocycles. The molecule has 1 saturated heterocycles. The van der Waals surface area contributed by atoms with Gasteiger partial charge in [0.15, 0.2) is 5.82 Å². The second-order valence-electron chi connectivity index (χ2n) is 7.78. The normalized spacial score (nSPS) is 14.3. The van der Waals surface area contributed by atoms with Gasteiger partial charge in [-0.05, 0) is 55.4 Å². The first-order valence-corrected chi connectivity index (χ1v) is 10.7. The quantitative estimate of drug-likeness (QED) is 0.655. The highest BCUT2D eigenvalue weighted by molar-refractivity contribution is 6.00. The molecule has 31 heavy (non-hydrogen) atoms. The summed E-state index contributed by atoms with van der Waals surface area (Å²) >= 11 is 0. The van der Waals surface area contributed by atoms with Gasteiger partial charge in [-0.3, -0.25) is 0 Å². The Bertz CT molecular complexity index is 1010. The maximum absolute atomic E-state index is 12.4. The Hall–Kier alpha value is -3.45. The fraction of sp³-hybridized carbons (Fsp3) is 0.292. The van der Waals surface area contributed by atoms with Crippen molar-refractivity contribution in [3.63, 3.8) is 0 Å². The van der Waals surface area contributed by atoms with Crippen molar-refractivity contribution in [1.82, 2.24) is 15.1 Å². The molecule has 0 unspecified atom stereocenters. The summed E-state index contributed by atoms with van der Waals surface area (Å²) in [5.74, 6) is 0.902. The Morgan fingerprint density at radius 3 is 2.32 bits per heavy atom. The Kier molecular flexibility index (Phi) is 6.43. The van der Waals surface area contributed by atoms with Gasteiger partial charge in [0.05, 0.1) is 5.69 Å². The Labute approximate surface area is 183 Å². The molecule has 1 fully saturated rings. The maximum atomic E-state index is 12.4. The van der Waals surface area contributed by atoms with Gasteiger partial charge >= 0.3 is 6.03 Å². The van der Waals surface area contributed by atoms with E-state index in [-0.39, 0.29) is 6.03 Å². The fourth-order valence-corrected chi connectivity index (χ4v) is 3.56. The van der Waals surface area contributed by atoms with Gasteiger partial charge in [-0.2, -0.15) is 0 Å². The Morgan fingerprint density at radius 1 is 0.903 bits per heavy atom. The predicted molar refractivity (Wildman–Crippen MR) is 126 cm³/mol. The molecule has 2 N–H and O–H groups in total. The molecule has 0 saturated carbocycles. The van der Waals surface area contributed by atoms with Crippen LogP contribution in [-0.4, -0.2) is 54.4 Å². The van der Waals surface area contributed by atoms with E-state index in [1.165, 1.54) is 5.56 Å². The molecule has 4 rings (SSSR count). The zero-order valence-corrected chi connectivity index (χ0v) is 18.0. The molecular formula is C24H28N6O. The number of carbonyl (C=O) groups excluding carboxylic acids is 1. The van der Waals surface area contributed by atoms with Crippen LogP contribution in [0.3, 0.4) is 0 Å². The van der Waals surface area contributed by atoms with Crippen LogP contribution in [0.4, 0.5) is 22.0 Å². The minimum atomic E-state index is -0.280. The number of aryl methyl sites for hydroxylation is 1. The second-order valence-corrected chi connectivity index (χ2v) is 7.78. The second kappa shape index (κ2) is 9.57. The number of urea groups is 1. The molecule has 2 amide bonds. The number of anilines is 3. The van der Waals surface area contributed by atoms with E-state index in [1.54, 1.807) is 0 Å². The van der Waals surface area contributed by atoms with Gasteiger partial charge < -0.3 is 20.4 Å². The van der Waals surface area contributed by atoms with Gasteiger partial charge in [0, 0.05) is 43.1 Å². The first-order valence-electron chi connectivity index (χ1n) is 10.7. The SMILES string of the molecule is CCc1ccc(NC(=O)Nc2cccc(-c3ccc(N4CCN(C)CC4)nn3)c2)cc1. The molecule has 2 heterocycles. The lowest BCUT2D eigenvalue weighted by molar-refractivity contribution is 0.262. The predicted octanol–water partition coefficient (Wildman–Crippen LogP) is 4.10. The average Bonchev–Trinajstić information content (AvgIpc) is 2.80. The van der Waals surface area contributed by atoms with Crippen LogP contribution in [0, 0.1) is 0 Å². The lowest BCUT2D eigenvalue weighted by Crippen LogP contribution is -2.44. The van der Waals surface area contributed by atoms with Gasteiger partial charge in [-0.15, -0.1) is 10.2 Å². The molecule has 0 atom stereocenters. The first kappa shape index (κ1) is 20.8. The van der Waals surface area contributed by atoms with Crippen molar-refractivity contribution < 1.29 is 4.79 Å². The van der Waals surface area contributed by atoms with Gasteiger partial charge in [0.1, 0.15) is 0 Å². The van der Waals surface area contributed by atoms with Crippen molar-refractivity contribution >= 4 is 23.2 Å². The van der Waals surface area contributed by atoms with Crippen LogP contribution in [0.25, 0.3) is 11.3 Å². The van der Waals surface area contributed by atoms with Crippen molar-refractivity contribution in [2.24, 2.45) is 0 Å². The van der Waals surface area contributed by atoms with E-state index in [0.29, 0.717) is 5.69 Å². The number of nitrogens with zero attached hydrogens (tertiary/aromatic N) is 4. The highest BCUT2D eigenvalue weighted by atomic mass is 16.2. The van der Waals surface area contributed by atoms with Crippen LogP contribution in [0.1, 0.15) is 12.5 Å². The summed E-state index contributed by atoms with van der Waals surface area (Å²) in [5, 5.41) is 14.6. The lowest BCUT2D eigenvalue weighted by Gasteiger charge is -2.32. The fourth-order valence-electron chi connectivity index (χ4n) is 3.56. The van der Waals surface area contributed by atoms with Crippen molar-refractivity contribution in [3.8, 4) is 11.3 Å². The number of benzene rings is 2. The summed E-state index contributed by atoms with van der Waals surface area (Å²) in [7, 11) is 2.13. The van der Waals surface area contributed by atoms with Gasteiger partial charge in [-0.1, -0.05) is 31.2 Å². The minimum Gasteiger partial charge on any atom is -0.353 e. The first-order chi connectivity index (χ1) is 15.1. The van der Waals surface area contributed by atoms with E-state index in [1.807, 2.05) is 60.7 Å². The van der Waals surface area contributed by atoms with E-state index in [0.717, 1.165) is 55.4 Å². The lowest BCUT2D eigenvalue weighted by atomic mass is 10.1. The summed E-state index contributed by atoms with van der Waals surface area (Å²) in [4.78, 5) is 16.9. The smallest absolute Gasteiger partial charge is 0.323 e. The van der Waals surface area contributed by atoms with Crippen molar-refractivity contribution in [1.29, 1.82) is 0 Å². The molecule has 1 aliphatic heterocycles. The molecule has 0 radical (unpaired) electrons. The van der Waals surface area contributed by atoms with Crippen LogP contribution in [0.5, 0.6) is 0 Å². The van der Waals surface area contributed by atoms with E-state index in [9.17, 15) is 4.79 Å². The highest BCUT2D eigenvalue weighted by Gasteiger charge is 2.15. The van der Waals surface area contributed by atoms with Crippen molar-refractivity contribution in [2.45, 2.75) is 13.3 Å². The number of aromatic nitrogens is 2. The molecular weight excluding hydrogens is 388 g/mol. The third-order valence-electron chi connectivity index (χ3n) is 5.51. The number of likely N-dealkylation sites (N-methyl/N-ethyl adjacent to an activating group) is 1. The van der Waals surface area contributed by atoms with Crippen molar-refractivity contribution in [3.05, 3.63) is 66.2 Å². The molecule has 0 bridgehead atoms. The molecule has 160 valence electrons. The summed E-state index contributed by atoms with van der Waals surface area (Å²) in [5.41, 5.74) is 4.37. The van der Waals surface area contributed by atoms with Crippen LogP contribution < -0.4 is 15.5 Å². The monoisotopic (exact) mass is 416 g/mol. The number of rotatable bonds is 5. The topological polar surface area (TPSA) is 73.4 Å². The van der Waals surface area contributed by atoms with E-state index >= 15 is 0 Å². The maximum Gasteiger partial charge on any atom is 0.323 e. The zero-order chi connectivity index (χ0) is 21.6. The Morgan fingerprint density at radius 2 is 1.65 bits per heavy atom. The van der Waals surface area contributed by atoms with Crippen LogP contribution in [0.2, 0.25) is 0 Å². The highest BCUT2D eigenvalue weighted by Crippen LogP contribution is 2.22. The average molecular weight is 417 g/mol. The molecule has 0 spiro atoms. The number of hydrogen-bond acceptors (Lipinski definition) is 5. The van der Waals surface area contributed by atoms with Crippen LogP contribution in [0.15, 0.2) is 60.7 Å². The summed E-state index contributed by atoms with van der Waals surface area (Å²) < 4.78 is 0. The molecule has 7 heteroatoms. The molecule has 1 aliphatic rings. The zero-order valence-electron chi connectivity index (χ0n) is 18.0. The Balaban J connectivity index is 1.40. The van der Waals surface area contributed by atoms with E-state index < -0.39 is 0 Å². The number of piperazine rings is 1. The minimum absolute atomic E-state index is 0.280. The number of amides is 2. The third kappa shape index (κ3) is 5.38. The van der Waals surface area contributed by atoms with Gasteiger partial charge in [0.2, 0.25) is 0 Å². The summed E-state index contributed by atoms with van der Waals surface area (Å²) in [6.07, 6.45) is 0.971. The number of nitrogens with one attached hydrogen (secondary N) is 2. The molecule has 7 nitrogen and oxygen atoms in total. The van der Waals surface area contributed by atoms with E-state index in [2.05, 4.69) is 44.6 Å². The molecule has 1 aromatic heterocycles. The third-order valence-corrected chi connectivity index (χ3v) is 5.51.